The van der Waals surface area contributed by atoms with Gasteiger partial charge in [-0.15, -0.1) is 8.78 Å². The zero-order chi connectivity index (χ0) is 15.2. The van der Waals surface area contributed by atoms with Gasteiger partial charge in [0.2, 0.25) is 0 Å². The van der Waals surface area contributed by atoms with E-state index < -0.39 is 6.29 Å². The summed E-state index contributed by atoms with van der Waals surface area (Å²) < 4.78 is 35.3. The molecule has 1 fully saturated rings. The molecule has 6 heteroatoms. The number of aryl methyl sites for hydroxylation is 1. The standard InChI is InChI=1S/C15H18F2N2O2/c1-9-6-13-14(21-15(16,17)20-13)8-11(9)12(19(2)18)7-10-4-3-5-10/h6-8,10H,3-5,18H2,1-2H3/b12-7-. The van der Waals surface area contributed by atoms with E-state index in [0.717, 1.165) is 29.7 Å². The number of nitrogens with zero attached hydrogens (tertiary/aromatic N) is 1. The first kappa shape index (κ1) is 14.1. The topological polar surface area (TPSA) is 47.7 Å². The maximum Gasteiger partial charge on any atom is 0.586 e. The molecule has 114 valence electrons. The van der Waals surface area contributed by atoms with Crippen LogP contribution in [0.3, 0.4) is 0 Å². The lowest BCUT2D eigenvalue weighted by atomic mass is 9.84. The first-order valence-corrected chi connectivity index (χ1v) is 6.97. The zero-order valence-electron chi connectivity index (χ0n) is 12.0. The number of rotatable bonds is 3. The lowest BCUT2D eigenvalue weighted by Crippen LogP contribution is -2.26. The van der Waals surface area contributed by atoms with Gasteiger partial charge in [-0.3, -0.25) is 0 Å². The molecule has 0 spiro atoms. The van der Waals surface area contributed by atoms with E-state index in [1.54, 1.807) is 19.2 Å². The van der Waals surface area contributed by atoms with Crippen molar-refractivity contribution in [3.8, 4) is 11.5 Å². The molecular formula is C15H18F2N2O2. The van der Waals surface area contributed by atoms with Crippen LogP contribution in [0.15, 0.2) is 18.2 Å². The van der Waals surface area contributed by atoms with Crippen molar-refractivity contribution in [2.75, 3.05) is 7.05 Å². The Kier molecular flexibility index (Phi) is 3.28. The zero-order valence-corrected chi connectivity index (χ0v) is 12.0. The van der Waals surface area contributed by atoms with E-state index in [1.165, 1.54) is 11.4 Å². The van der Waals surface area contributed by atoms with Gasteiger partial charge in [-0.05, 0) is 43.4 Å². The van der Waals surface area contributed by atoms with Crippen LogP contribution in [-0.2, 0) is 0 Å². The van der Waals surface area contributed by atoms with Crippen LogP contribution in [0.1, 0.15) is 30.4 Å². The van der Waals surface area contributed by atoms with Crippen molar-refractivity contribution in [3.05, 3.63) is 29.3 Å². The Balaban J connectivity index is 2.00. The van der Waals surface area contributed by atoms with Gasteiger partial charge in [0.25, 0.3) is 0 Å². The Hall–Kier alpha value is -1.82. The Labute approximate surface area is 122 Å². The average molecular weight is 296 g/mol. The van der Waals surface area contributed by atoms with Gasteiger partial charge in [0.15, 0.2) is 11.5 Å². The third-order valence-electron chi connectivity index (χ3n) is 3.95. The molecule has 0 atom stereocenters. The number of hydrogen-bond donors (Lipinski definition) is 1. The molecule has 0 aromatic heterocycles. The molecule has 0 bridgehead atoms. The van der Waals surface area contributed by atoms with Gasteiger partial charge in [-0.25, -0.2) is 5.84 Å². The smallest absolute Gasteiger partial charge is 0.395 e. The monoisotopic (exact) mass is 296 g/mol. The Morgan fingerprint density at radius 3 is 2.48 bits per heavy atom. The summed E-state index contributed by atoms with van der Waals surface area (Å²) in [4.78, 5) is 0. The molecule has 4 nitrogen and oxygen atoms in total. The first-order valence-electron chi connectivity index (χ1n) is 6.97. The molecule has 0 amide bonds. The molecule has 0 radical (unpaired) electrons. The molecule has 2 N–H and O–H groups in total. The second-order valence-electron chi connectivity index (χ2n) is 5.64. The number of benzene rings is 1. The fourth-order valence-electron chi connectivity index (χ4n) is 2.60. The summed E-state index contributed by atoms with van der Waals surface area (Å²) in [6.45, 7) is 1.84. The largest absolute Gasteiger partial charge is 0.586 e. The van der Waals surface area contributed by atoms with Gasteiger partial charge in [0.05, 0.1) is 5.70 Å². The van der Waals surface area contributed by atoms with Crippen molar-refractivity contribution in [2.45, 2.75) is 32.5 Å². The van der Waals surface area contributed by atoms with E-state index >= 15 is 0 Å². The number of alkyl halides is 2. The minimum atomic E-state index is -3.60. The van der Waals surface area contributed by atoms with Crippen molar-refractivity contribution in [1.29, 1.82) is 0 Å². The van der Waals surface area contributed by atoms with Gasteiger partial charge in [-0.1, -0.05) is 12.5 Å². The van der Waals surface area contributed by atoms with Gasteiger partial charge >= 0.3 is 6.29 Å². The Morgan fingerprint density at radius 2 is 1.95 bits per heavy atom. The molecule has 2 aliphatic rings. The van der Waals surface area contributed by atoms with Crippen LogP contribution >= 0.6 is 0 Å². The molecular weight excluding hydrogens is 278 g/mol. The van der Waals surface area contributed by atoms with E-state index in [4.69, 9.17) is 5.84 Å². The van der Waals surface area contributed by atoms with Crippen molar-refractivity contribution in [2.24, 2.45) is 11.8 Å². The van der Waals surface area contributed by atoms with Crippen molar-refractivity contribution in [1.82, 2.24) is 5.01 Å². The third-order valence-corrected chi connectivity index (χ3v) is 3.95. The molecule has 3 rings (SSSR count). The maximum absolute atomic E-state index is 13.1. The summed E-state index contributed by atoms with van der Waals surface area (Å²) in [5, 5.41) is 1.51. The van der Waals surface area contributed by atoms with Crippen LogP contribution in [0.25, 0.3) is 5.70 Å². The highest BCUT2D eigenvalue weighted by atomic mass is 19.3. The summed E-state index contributed by atoms with van der Waals surface area (Å²) in [6, 6.07) is 3.13. The predicted octanol–water partition coefficient (Wildman–Crippen LogP) is 3.26. The predicted molar refractivity (Wildman–Crippen MR) is 74.7 cm³/mol. The molecule has 1 heterocycles. The number of halogens is 2. The van der Waals surface area contributed by atoms with Crippen LogP contribution in [-0.4, -0.2) is 18.4 Å². The van der Waals surface area contributed by atoms with Crippen molar-refractivity contribution in [3.63, 3.8) is 0 Å². The summed E-state index contributed by atoms with van der Waals surface area (Å²) in [6.07, 6.45) is 2.00. The second-order valence-corrected chi connectivity index (χ2v) is 5.64. The summed E-state index contributed by atoms with van der Waals surface area (Å²) in [5.74, 6) is 6.51. The minimum absolute atomic E-state index is 0.0435. The highest BCUT2D eigenvalue weighted by Gasteiger charge is 2.43. The van der Waals surface area contributed by atoms with E-state index in [-0.39, 0.29) is 11.5 Å². The number of hydrazine groups is 1. The second kappa shape index (κ2) is 4.87. The molecule has 1 aliphatic carbocycles. The number of ether oxygens (including phenoxy) is 2. The average Bonchev–Trinajstić information content (AvgIpc) is 2.60. The third kappa shape index (κ3) is 2.68. The molecule has 1 aromatic rings. The molecule has 0 unspecified atom stereocenters. The fourth-order valence-corrected chi connectivity index (χ4v) is 2.60. The molecule has 1 aromatic carbocycles. The van der Waals surface area contributed by atoms with Crippen LogP contribution in [0.2, 0.25) is 0 Å². The normalized spacial score (nSPS) is 20.3. The number of hydrogen-bond acceptors (Lipinski definition) is 4. The Morgan fingerprint density at radius 1 is 1.33 bits per heavy atom. The van der Waals surface area contributed by atoms with Crippen molar-refractivity contribution < 1.29 is 18.3 Å². The summed E-state index contributed by atoms with van der Waals surface area (Å²) in [7, 11) is 1.74. The van der Waals surface area contributed by atoms with Gasteiger partial charge in [0.1, 0.15) is 0 Å². The highest BCUT2D eigenvalue weighted by molar-refractivity contribution is 5.70. The summed E-state index contributed by atoms with van der Waals surface area (Å²) >= 11 is 0. The number of allylic oxidation sites excluding steroid dienone is 1. The Bertz CT molecular complexity index is 596. The quantitative estimate of drug-likeness (QED) is 0.687. The number of fused-ring (bicyclic) bond motifs is 1. The fraction of sp³-hybridized carbons (Fsp3) is 0.467. The molecule has 21 heavy (non-hydrogen) atoms. The lowest BCUT2D eigenvalue weighted by molar-refractivity contribution is -0.286. The number of nitrogens with two attached hydrogens (primary N) is 1. The molecule has 0 saturated heterocycles. The first-order chi connectivity index (χ1) is 9.85. The van der Waals surface area contributed by atoms with Gasteiger partial charge in [0, 0.05) is 12.6 Å². The van der Waals surface area contributed by atoms with Crippen LogP contribution in [0, 0.1) is 12.8 Å². The van der Waals surface area contributed by atoms with Crippen LogP contribution in [0.4, 0.5) is 8.78 Å². The molecule has 1 aliphatic heterocycles. The van der Waals surface area contributed by atoms with E-state index in [2.05, 4.69) is 15.5 Å². The SMILES string of the molecule is Cc1cc2c(cc1/C(=C/C1CCC1)N(C)N)OC(F)(F)O2. The van der Waals surface area contributed by atoms with Crippen LogP contribution in [0.5, 0.6) is 11.5 Å². The van der Waals surface area contributed by atoms with Gasteiger partial charge < -0.3 is 14.5 Å². The summed E-state index contributed by atoms with van der Waals surface area (Å²) in [5.41, 5.74) is 2.42. The van der Waals surface area contributed by atoms with Crippen molar-refractivity contribution >= 4 is 5.70 Å². The maximum atomic E-state index is 13.1. The minimum Gasteiger partial charge on any atom is -0.395 e. The van der Waals surface area contributed by atoms with E-state index in [1.807, 2.05) is 6.92 Å². The van der Waals surface area contributed by atoms with Crippen LogP contribution < -0.4 is 15.3 Å². The molecule has 1 saturated carbocycles. The lowest BCUT2D eigenvalue weighted by Gasteiger charge is -2.26. The van der Waals surface area contributed by atoms with Gasteiger partial charge in [-0.2, -0.15) is 0 Å². The van der Waals surface area contributed by atoms with E-state index in [9.17, 15) is 8.78 Å². The van der Waals surface area contributed by atoms with E-state index in [0.29, 0.717) is 5.92 Å². The highest BCUT2D eigenvalue weighted by Crippen LogP contribution is 2.44.